The van der Waals surface area contributed by atoms with Crippen LogP contribution in [0.3, 0.4) is 0 Å². The summed E-state index contributed by atoms with van der Waals surface area (Å²) in [5.74, 6) is -0.382. The molecule has 2 rings (SSSR count). The summed E-state index contributed by atoms with van der Waals surface area (Å²) in [4.78, 5) is 12.2. The standard InChI is InChI=1S/C18H22FN3O3S/c1-12(14-7-6-8-15(11-14)22-26(3,24)25)20-18(23)21-13(2)16-9-4-5-10-17(16)19/h4-13,22H,1-3H3,(H2,20,21,23)/t12-,13+/m0/s1. The van der Waals surface area contributed by atoms with Crippen molar-refractivity contribution >= 4 is 21.7 Å². The van der Waals surface area contributed by atoms with Gasteiger partial charge >= 0.3 is 6.03 Å². The molecule has 6 nitrogen and oxygen atoms in total. The Morgan fingerprint density at radius 1 is 1.00 bits per heavy atom. The third kappa shape index (κ3) is 5.73. The second-order valence-corrected chi connectivity index (χ2v) is 7.83. The number of sulfonamides is 1. The monoisotopic (exact) mass is 379 g/mol. The van der Waals surface area contributed by atoms with E-state index in [1.54, 1.807) is 56.3 Å². The van der Waals surface area contributed by atoms with Crippen molar-refractivity contribution in [2.24, 2.45) is 0 Å². The van der Waals surface area contributed by atoms with Crippen LogP contribution >= 0.6 is 0 Å². The predicted octanol–water partition coefficient (Wildman–Crippen LogP) is 3.32. The minimum Gasteiger partial charge on any atom is -0.332 e. The average Bonchev–Trinajstić information content (AvgIpc) is 2.53. The minimum atomic E-state index is -3.38. The van der Waals surface area contributed by atoms with Crippen molar-refractivity contribution in [2.45, 2.75) is 25.9 Å². The van der Waals surface area contributed by atoms with Gasteiger partial charge in [-0.25, -0.2) is 17.6 Å². The molecule has 0 aliphatic heterocycles. The topological polar surface area (TPSA) is 87.3 Å². The second-order valence-electron chi connectivity index (χ2n) is 6.08. The van der Waals surface area contributed by atoms with E-state index in [1.807, 2.05) is 0 Å². The summed E-state index contributed by atoms with van der Waals surface area (Å²) < 4.78 is 38.8. The fraction of sp³-hybridized carbons (Fsp3) is 0.278. The maximum absolute atomic E-state index is 13.8. The lowest BCUT2D eigenvalue weighted by Gasteiger charge is -2.19. The van der Waals surface area contributed by atoms with Crippen molar-refractivity contribution in [1.82, 2.24) is 10.6 Å². The highest BCUT2D eigenvalue weighted by Crippen LogP contribution is 2.19. The lowest BCUT2D eigenvalue weighted by molar-refractivity contribution is 0.234. The molecule has 2 amide bonds. The van der Waals surface area contributed by atoms with Crippen molar-refractivity contribution in [3.8, 4) is 0 Å². The Morgan fingerprint density at radius 3 is 2.31 bits per heavy atom. The molecule has 2 aromatic rings. The fourth-order valence-corrected chi connectivity index (χ4v) is 3.06. The van der Waals surface area contributed by atoms with Gasteiger partial charge in [-0.05, 0) is 37.6 Å². The number of anilines is 1. The van der Waals surface area contributed by atoms with E-state index < -0.39 is 22.1 Å². The van der Waals surface area contributed by atoms with Crippen LogP contribution in [-0.4, -0.2) is 20.7 Å². The Morgan fingerprint density at radius 2 is 1.65 bits per heavy atom. The third-order valence-electron chi connectivity index (χ3n) is 3.76. The van der Waals surface area contributed by atoms with Gasteiger partial charge in [0.2, 0.25) is 10.0 Å². The average molecular weight is 379 g/mol. The molecular weight excluding hydrogens is 357 g/mol. The molecule has 0 heterocycles. The minimum absolute atomic E-state index is 0.371. The molecular formula is C18H22FN3O3S. The summed E-state index contributed by atoms with van der Waals surface area (Å²) in [5, 5.41) is 5.45. The molecule has 2 aromatic carbocycles. The van der Waals surface area contributed by atoms with Crippen molar-refractivity contribution < 1.29 is 17.6 Å². The number of hydrogen-bond donors (Lipinski definition) is 3. The molecule has 8 heteroatoms. The molecule has 0 saturated carbocycles. The maximum Gasteiger partial charge on any atom is 0.315 e. The van der Waals surface area contributed by atoms with Gasteiger partial charge in [0, 0.05) is 11.3 Å². The van der Waals surface area contributed by atoms with Crippen LogP contribution < -0.4 is 15.4 Å². The fourth-order valence-electron chi connectivity index (χ4n) is 2.51. The van der Waals surface area contributed by atoms with Crippen LogP contribution in [0.5, 0.6) is 0 Å². The number of hydrogen-bond acceptors (Lipinski definition) is 3. The molecule has 0 saturated heterocycles. The molecule has 26 heavy (non-hydrogen) atoms. The van der Waals surface area contributed by atoms with Crippen molar-refractivity contribution in [3.63, 3.8) is 0 Å². The van der Waals surface area contributed by atoms with E-state index in [0.717, 1.165) is 11.8 Å². The quantitative estimate of drug-likeness (QED) is 0.719. The molecule has 0 unspecified atom stereocenters. The highest BCUT2D eigenvalue weighted by atomic mass is 32.2. The van der Waals surface area contributed by atoms with Crippen LogP contribution in [0.2, 0.25) is 0 Å². The Kier molecular flexibility index (Phi) is 6.20. The Bertz CT molecular complexity index is 887. The molecule has 2 atom stereocenters. The normalized spacial score (nSPS) is 13.5. The molecule has 0 aromatic heterocycles. The van der Waals surface area contributed by atoms with E-state index >= 15 is 0 Å². The third-order valence-corrected chi connectivity index (χ3v) is 4.36. The van der Waals surface area contributed by atoms with Crippen LogP contribution in [0.25, 0.3) is 0 Å². The maximum atomic E-state index is 13.8. The van der Waals surface area contributed by atoms with Crippen molar-refractivity contribution in [1.29, 1.82) is 0 Å². The van der Waals surface area contributed by atoms with Gasteiger partial charge < -0.3 is 10.6 Å². The number of halogens is 1. The van der Waals surface area contributed by atoms with Crippen molar-refractivity contribution in [3.05, 3.63) is 65.5 Å². The smallest absolute Gasteiger partial charge is 0.315 e. The first kappa shape index (κ1) is 19.7. The Hall–Kier alpha value is -2.61. The Balaban J connectivity index is 2.01. The van der Waals surface area contributed by atoms with Gasteiger partial charge in [-0.2, -0.15) is 0 Å². The molecule has 0 spiro atoms. The summed E-state index contributed by atoms with van der Waals surface area (Å²) in [6.07, 6.45) is 1.07. The van der Waals surface area contributed by atoms with Gasteiger partial charge in [-0.3, -0.25) is 4.72 Å². The predicted molar refractivity (Wildman–Crippen MR) is 99.8 cm³/mol. The van der Waals surface area contributed by atoms with E-state index in [0.29, 0.717) is 11.3 Å². The van der Waals surface area contributed by atoms with E-state index in [-0.39, 0.29) is 11.9 Å². The second kappa shape index (κ2) is 8.18. The van der Waals surface area contributed by atoms with Crippen molar-refractivity contribution in [2.75, 3.05) is 11.0 Å². The van der Waals surface area contributed by atoms with Gasteiger partial charge in [0.05, 0.1) is 18.3 Å². The zero-order chi connectivity index (χ0) is 19.3. The van der Waals surface area contributed by atoms with Gasteiger partial charge in [-0.15, -0.1) is 0 Å². The van der Waals surface area contributed by atoms with Crippen LogP contribution in [0, 0.1) is 5.82 Å². The lowest BCUT2D eigenvalue weighted by atomic mass is 10.1. The number of nitrogens with one attached hydrogen (secondary N) is 3. The summed E-state index contributed by atoms with van der Waals surface area (Å²) in [6, 6.07) is 11.7. The highest BCUT2D eigenvalue weighted by Gasteiger charge is 2.15. The molecule has 0 radical (unpaired) electrons. The first-order chi connectivity index (χ1) is 12.2. The van der Waals surface area contributed by atoms with E-state index in [9.17, 15) is 17.6 Å². The number of benzene rings is 2. The first-order valence-electron chi connectivity index (χ1n) is 8.05. The molecule has 0 aliphatic carbocycles. The zero-order valence-corrected chi connectivity index (χ0v) is 15.6. The number of amides is 2. The number of carbonyl (C=O) groups is 1. The van der Waals surface area contributed by atoms with Gasteiger partial charge in [-0.1, -0.05) is 30.3 Å². The highest BCUT2D eigenvalue weighted by molar-refractivity contribution is 7.92. The molecule has 0 fully saturated rings. The van der Waals surface area contributed by atoms with E-state index in [1.165, 1.54) is 6.07 Å². The largest absolute Gasteiger partial charge is 0.332 e. The van der Waals surface area contributed by atoms with Crippen LogP contribution in [0.1, 0.15) is 37.1 Å². The SMILES string of the molecule is C[C@H](NC(=O)N[C@H](C)c1ccccc1F)c1cccc(NS(C)(=O)=O)c1. The van der Waals surface area contributed by atoms with Crippen LogP contribution in [0.15, 0.2) is 48.5 Å². The summed E-state index contributed by atoms with van der Waals surface area (Å²) in [6.45, 7) is 3.46. The first-order valence-corrected chi connectivity index (χ1v) is 9.94. The lowest BCUT2D eigenvalue weighted by Crippen LogP contribution is -2.38. The van der Waals surface area contributed by atoms with Gasteiger partial charge in [0.15, 0.2) is 0 Å². The molecule has 140 valence electrons. The number of urea groups is 1. The summed E-state index contributed by atoms with van der Waals surface area (Å²) in [7, 11) is -3.38. The number of carbonyl (C=O) groups excluding carboxylic acids is 1. The van der Waals surface area contributed by atoms with Gasteiger partial charge in [0.1, 0.15) is 5.82 Å². The molecule has 0 bridgehead atoms. The van der Waals surface area contributed by atoms with Crippen LogP contribution in [-0.2, 0) is 10.0 Å². The zero-order valence-electron chi connectivity index (χ0n) is 14.8. The van der Waals surface area contributed by atoms with Gasteiger partial charge in [0.25, 0.3) is 0 Å². The summed E-state index contributed by atoms with van der Waals surface area (Å²) >= 11 is 0. The van der Waals surface area contributed by atoms with E-state index in [4.69, 9.17) is 0 Å². The summed E-state index contributed by atoms with van der Waals surface area (Å²) in [5.41, 5.74) is 1.54. The molecule has 3 N–H and O–H groups in total. The Labute approximate surface area is 152 Å². The number of rotatable bonds is 6. The van der Waals surface area contributed by atoms with E-state index in [2.05, 4.69) is 15.4 Å². The van der Waals surface area contributed by atoms with Crippen LogP contribution in [0.4, 0.5) is 14.9 Å². The molecule has 0 aliphatic rings.